The maximum absolute atomic E-state index is 12.5. The molecule has 1 amide bonds. The number of amides is 1. The number of carbonyl (C=O) groups excluding carboxylic acids is 1. The van der Waals surface area contributed by atoms with E-state index in [-0.39, 0.29) is 18.5 Å². The van der Waals surface area contributed by atoms with E-state index in [4.69, 9.17) is 0 Å². The highest BCUT2D eigenvalue weighted by molar-refractivity contribution is 5.96. The maximum Gasteiger partial charge on any atom is 0.328 e. The number of aromatic nitrogens is 2. The average molecular weight is 285 g/mol. The first-order valence-electron chi connectivity index (χ1n) is 6.76. The maximum atomic E-state index is 12.5. The van der Waals surface area contributed by atoms with Crippen LogP contribution in [0, 0.1) is 0 Å². The van der Waals surface area contributed by atoms with Crippen molar-refractivity contribution in [3.05, 3.63) is 62.9 Å². The Hall–Kier alpha value is -2.63. The van der Waals surface area contributed by atoms with Gasteiger partial charge in [0.15, 0.2) is 0 Å². The summed E-state index contributed by atoms with van der Waals surface area (Å²) in [7, 11) is 0. The number of aromatic amines is 1. The standard InChI is InChI=1S/C15H15N3O3/c1-10-8-11-4-2-3-5-12(11)18(10)14(20)9-17-7-6-13(19)16-15(17)21/h2-7,10H,8-9H2,1H3,(H,16,19,21)/t10-/m1/s1. The van der Waals surface area contributed by atoms with E-state index in [9.17, 15) is 14.4 Å². The van der Waals surface area contributed by atoms with Crippen molar-refractivity contribution in [1.82, 2.24) is 9.55 Å². The zero-order chi connectivity index (χ0) is 15.0. The first kappa shape index (κ1) is 13.4. The summed E-state index contributed by atoms with van der Waals surface area (Å²) in [5.74, 6) is -0.165. The molecule has 1 atom stereocenters. The monoisotopic (exact) mass is 285 g/mol. The second kappa shape index (κ2) is 5.05. The smallest absolute Gasteiger partial charge is 0.307 e. The molecule has 2 heterocycles. The van der Waals surface area contributed by atoms with Gasteiger partial charge in [-0.3, -0.25) is 19.1 Å². The molecule has 0 saturated heterocycles. The number of fused-ring (bicyclic) bond motifs is 1. The molecule has 3 rings (SSSR count). The molecule has 108 valence electrons. The summed E-state index contributed by atoms with van der Waals surface area (Å²) in [5, 5.41) is 0. The van der Waals surface area contributed by atoms with Gasteiger partial charge in [0, 0.05) is 24.0 Å². The minimum absolute atomic E-state index is 0.0633. The average Bonchev–Trinajstić information content (AvgIpc) is 2.77. The number of para-hydroxylation sites is 1. The Labute approximate surface area is 120 Å². The number of nitrogens with one attached hydrogen (secondary N) is 1. The topological polar surface area (TPSA) is 75.2 Å². The highest BCUT2D eigenvalue weighted by atomic mass is 16.2. The quantitative estimate of drug-likeness (QED) is 0.873. The Morgan fingerprint density at radius 2 is 2.05 bits per heavy atom. The second-order valence-corrected chi connectivity index (χ2v) is 5.18. The number of rotatable bonds is 2. The van der Waals surface area contributed by atoms with Gasteiger partial charge in [0.05, 0.1) is 0 Å². The van der Waals surface area contributed by atoms with Gasteiger partial charge in [0.2, 0.25) is 5.91 Å². The van der Waals surface area contributed by atoms with Crippen LogP contribution in [0.2, 0.25) is 0 Å². The fourth-order valence-electron chi connectivity index (χ4n) is 2.74. The first-order chi connectivity index (χ1) is 10.1. The third-order valence-electron chi connectivity index (χ3n) is 3.68. The lowest BCUT2D eigenvalue weighted by atomic mass is 10.1. The zero-order valence-electron chi connectivity index (χ0n) is 11.6. The van der Waals surface area contributed by atoms with Crippen molar-refractivity contribution in [3.8, 4) is 0 Å². The van der Waals surface area contributed by atoms with Crippen molar-refractivity contribution in [2.24, 2.45) is 0 Å². The van der Waals surface area contributed by atoms with Crippen molar-refractivity contribution < 1.29 is 4.79 Å². The number of hydrogen-bond acceptors (Lipinski definition) is 3. The van der Waals surface area contributed by atoms with Crippen LogP contribution in [0.5, 0.6) is 0 Å². The van der Waals surface area contributed by atoms with E-state index in [1.807, 2.05) is 31.2 Å². The fraction of sp³-hybridized carbons (Fsp3) is 0.267. The summed E-state index contributed by atoms with van der Waals surface area (Å²) in [5.41, 5.74) is 0.985. The van der Waals surface area contributed by atoms with Gasteiger partial charge in [0.25, 0.3) is 5.56 Å². The largest absolute Gasteiger partial charge is 0.328 e. The van der Waals surface area contributed by atoms with Crippen LogP contribution in [0.3, 0.4) is 0 Å². The van der Waals surface area contributed by atoms with Gasteiger partial charge in [-0.05, 0) is 25.0 Å². The normalized spacial score (nSPS) is 16.8. The summed E-state index contributed by atoms with van der Waals surface area (Å²) in [4.78, 5) is 39.1. The molecule has 0 unspecified atom stereocenters. The van der Waals surface area contributed by atoms with E-state index in [1.165, 1.54) is 16.8 Å². The molecular weight excluding hydrogens is 270 g/mol. The van der Waals surface area contributed by atoms with Crippen LogP contribution >= 0.6 is 0 Å². The van der Waals surface area contributed by atoms with Gasteiger partial charge in [-0.1, -0.05) is 18.2 Å². The van der Waals surface area contributed by atoms with E-state index in [0.717, 1.165) is 17.7 Å². The Kier molecular flexibility index (Phi) is 3.21. The molecule has 21 heavy (non-hydrogen) atoms. The van der Waals surface area contributed by atoms with Crippen LogP contribution in [-0.2, 0) is 17.8 Å². The minimum Gasteiger partial charge on any atom is -0.307 e. The molecule has 0 aliphatic carbocycles. The SMILES string of the molecule is C[C@@H]1Cc2ccccc2N1C(=O)Cn1ccc(=O)[nH]c1=O. The first-order valence-corrected chi connectivity index (χ1v) is 6.76. The number of hydrogen-bond donors (Lipinski definition) is 1. The summed E-state index contributed by atoms with van der Waals surface area (Å²) in [6, 6.07) is 9.05. The number of carbonyl (C=O) groups is 1. The van der Waals surface area contributed by atoms with E-state index >= 15 is 0 Å². The molecule has 0 saturated carbocycles. The molecule has 6 nitrogen and oxygen atoms in total. The fourth-order valence-corrected chi connectivity index (χ4v) is 2.74. The molecule has 0 spiro atoms. The molecule has 2 aromatic rings. The van der Waals surface area contributed by atoms with Gasteiger partial charge in [-0.15, -0.1) is 0 Å². The molecule has 1 aromatic carbocycles. The van der Waals surface area contributed by atoms with Crippen molar-refractivity contribution in [2.45, 2.75) is 25.9 Å². The van der Waals surface area contributed by atoms with Crippen LogP contribution in [0.1, 0.15) is 12.5 Å². The van der Waals surface area contributed by atoms with Crippen molar-refractivity contribution in [3.63, 3.8) is 0 Å². The number of H-pyrrole nitrogens is 1. The molecule has 1 aliphatic heterocycles. The number of anilines is 1. The van der Waals surface area contributed by atoms with Crippen molar-refractivity contribution in [1.29, 1.82) is 0 Å². The third-order valence-corrected chi connectivity index (χ3v) is 3.68. The third kappa shape index (κ3) is 2.40. The van der Waals surface area contributed by atoms with Gasteiger partial charge in [0.1, 0.15) is 6.54 Å². The van der Waals surface area contributed by atoms with E-state index < -0.39 is 11.2 Å². The van der Waals surface area contributed by atoms with Crippen LogP contribution in [0.25, 0.3) is 0 Å². The Morgan fingerprint density at radius 3 is 2.81 bits per heavy atom. The summed E-state index contributed by atoms with van der Waals surface area (Å²) in [6.45, 7) is 1.89. The lowest BCUT2D eigenvalue weighted by Gasteiger charge is -2.23. The van der Waals surface area contributed by atoms with E-state index in [0.29, 0.717) is 0 Å². The molecule has 1 N–H and O–H groups in total. The lowest BCUT2D eigenvalue weighted by molar-refractivity contribution is -0.119. The van der Waals surface area contributed by atoms with Gasteiger partial charge >= 0.3 is 5.69 Å². The van der Waals surface area contributed by atoms with Crippen LogP contribution < -0.4 is 16.1 Å². The molecular formula is C15H15N3O3. The molecule has 0 bridgehead atoms. The van der Waals surface area contributed by atoms with Crippen molar-refractivity contribution in [2.75, 3.05) is 4.90 Å². The number of benzene rings is 1. The second-order valence-electron chi connectivity index (χ2n) is 5.18. The minimum atomic E-state index is -0.573. The van der Waals surface area contributed by atoms with Crippen molar-refractivity contribution >= 4 is 11.6 Å². The molecule has 0 fully saturated rings. The molecule has 0 radical (unpaired) electrons. The Balaban J connectivity index is 1.89. The van der Waals surface area contributed by atoms with Crippen LogP contribution in [-0.4, -0.2) is 21.5 Å². The predicted octanol–water partition coefficient (Wildman–Crippen LogP) is 0.514. The molecule has 1 aromatic heterocycles. The summed E-state index contributed by atoms with van der Waals surface area (Å²) >= 11 is 0. The van der Waals surface area contributed by atoms with Crippen LogP contribution in [0.4, 0.5) is 5.69 Å². The Bertz CT molecular complexity index is 806. The highest BCUT2D eigenvalue weighted by Gasteiger charge is 2.30. The zero-order valence-corrected chi connectivity index (χ0v) is 11.6. The predicted molar refractivity (Wildman–Crippen MR) is 78.4 cm³/mol. The summed E-state index contributed by atoms with van der Waals surface area (Å²) in [6.07, 6.45) is 2.15. The highest BCUT2D eigenvalue weighted by Crippen LogP contribution is 2.31. The number of nitrogens with zero attached hydrogens (tertiary/aromatic N) is 2. The van der Waals surface area contributed by atoms with Gasteiger partial charge in [-0.25, -0.2) is 4.79 Å². The summed E-state index contributed by atoms with van der Waals surface area (Å²) < 4.78 is 1.21. The van der Waals surface area contributed by atoms with E-state index in [1.54, 1.807) is 4.90 Å². The van der Waals surface area contributed by atoms with Gasteiger partial charge in [-0.2, -0.15) is 0 Å². The Morgan fingerprint density at radius 1 is 1.29 bits per heavy atom. The van der Waals surface area contributed by atoms with Crippen LogP contribution in [0.15, 0.2) is 46.1 Å². The lowest BCUT2D eigenvalue weighted by Crippen LogP contribution is -2.41. The van der Waals surface area contributed by atoms with E-state index in [2.05, 4.69) is 4.98 Å². The van der Waals surface area contributed by atoms with Gasteiger partial charge < -0.3 is 4.90 Å². The molecule has 1 aliphatic rings. The molecule has 6 heteroatoms.